The summed E-state index contributed by atoms with van der Waals surface area (Å²) in [4.78, 5) is 28.8. The van der Waals surface area contributed by atoms with Gasteiger partial charge in [0.1, 0.15) is 17.3 Å². The van der Waals surface area contributed by atoms with Crippen LogP contribution < -0.4 is 10.6 Å². The molecule has 0 atom stereocenters. The molecular formula is C27H20F3N5O2. The molecule has 2 N–H and O–H groups in total. The average Bonchev–Trinajstić information content (AvgIpc) is 3.58. The maximum absolute atomic E-state index is 12.9. The number of nitriles is 1. The van der Waals surface area contributed by atoms with Gasteiger partial charge in [-0.15, -0.1) is 0 Å². The third kappa shape index (κ3) is 4.76. The van der Waals surface area contributed by atoms with Crippen LogP contribution in [0.2, 0.25) is 0 Å². The molecule has 37 heavy (non-hydrogen) atoms. The number of benzene rings is 2. The van der Waals surface area contributed by atoms with Gasteiger partial charge in [0.2, 0.25) is 5.91 Å². The lowest BCUT2D eigenvalue weighted by molar-refractivity contribution is -0.137. The summed E-state index contributed by atoms with van der Waals surface area (Å²) in [7, 11) is 0. The molecule has 2 amide bonds. The molecule has 1 fully saturated rings. The quantitative estimate of drug-likeness (QED) is 0.405. The van der Waals surface area contributed by atoms with E-state index in [9.17, 15) is 28.0 Å². The van der Waals surface area contributed by atoms with Crippen LogP contribution >= 0.6 is 0 Å². The zero-order valence-electron chi connectivity index (χ0n) is 19.3. The highest BCUT2D eigenvalue weighted by Gasteiger charge is 2.51. The lowest BCUT2D eigenvalue weighted by Gasteiger charge is -2.18. The Kier molecular flexibility index (Phi) is 5.91. The molecule has 186 valence electrons. The fourth-order valence-corrected chi connectivity index (χ4v) is 4.17. The summed E-state index contributed by atoms with van der Waals surface area (Å²) in [5, 5.41) is 15.9. The fraction of sp³-hybridized carbons (Fsp3) is 0.185. The minimum atomic E-state index is -4.63. The van der Waals surface area contributed by atoms with Crippen LogP contribution in [0.25, 0.3) is 16.6 Å². The van der Waals surface area contributed by atoms with Gasteiger partial charge < -0.3 is 15.2 Å². The third-order valence-corrected chi connectivity index (χ3v) is 6.34. The van der Waals surface area contributed by atoms with Crippen LogP contribution in [0.4, 0.5) is 13.2 Å². The number of nitrogens with one attached hydrogen (secondary N) is 2. The second kappa shape index (κ2) is 9.09. The molecule has 1 saturated carbocycles. The SMILES string of the molecule is N#Cc1cc2ccccc2n1-c1ccc(CNC(=O)C2(NC(=O)c3cncc(C(F)(F)F)c3)CC2)cc1. The minimum absolute atomic E-state index is 0.194. The number of alkyl halides is 3. The summed E-state index contributed by atoms with van der Waals surface area (Å²) >= 11 is 0. The van der Waals surface area contributed by atoms with Crippen molar-refractivity contribution in [3.05, 3.63) is 95.4 Å². The summed E-state index contributed by atoms with van der Waals surface area (Å²) in [6, 6.07) is 19.8. The Morgan fingerprint density at radius 3 is 2.46 bits per heavy atom. The van der Waals surface area contributed by atoms with E-state index >= 15 is 0 Å². The first kappa shape index (κ1) is 24.1. The highest BCUT2D eigenvalue weighted by atomic mass is 19.4. The number of halogens is 3. The summed E-state index contributed by atoms with van der Waals surface area (Å²) < 4.78 is 40.7. The number of carbonyl (C=O) groups excluding carboxylic acids is 2. The van der Waals surface area contributed by atoms with E-state index in [0.29, 0.717) is 30.8 Å². The number of hydrogen-bond donors (Lipinski definition) is 2. The van der Waals surface area contributed by atoms with Gasteiger partial charge in [0.25, 0.3) is 5.91 Å². The number of fused-ring (bicyclic) bond motifs is 1. The Morgan fingerprint density at radius 2 is 1.78 bits per heavy atom. The van der Waals surface area contributed by atoms with Gasteiger partial charge in [0.15, 0.2) is 0 Å². The number of aromatic nitrogens is 2. The maximum atomic E-state index is 12.9. The smallest absolute Gasteiger partial charge is 0.350 e. The molecule has 1 aliphatic carbocycles. The number of hydrogen-bond acceptors (Lipinski definition) is 4. The van der Waals surface area contributed by atoms with Crippen molar-refractivity contribution in [2.75, 3.05) is 0 Å². The molecule has 1 aliphatic rings. The third-order valence-electron chi connectivity index (χ3n) is 6.34. The molecule has 0 aliphatic heterocycles. The van der Waals surface area contributed by atoms with E-state index in [0.717, 1.165) is 28.4 Å². The van der Waals surface area contributed by atoms with E-state index in [-0.39, 0.29) is 12.1 Å². The molecule has 0 bridgehead atoms. The molecular weight excluding hydrogens is 483 g/mol. The normalized spacial score (nSPS) is 14.1. The first-order valence-electron chi connectivity index (χ1n) is 11.4. The molecule has 10 heteroatoms. The molecule has 0 unspecified atom stereocenters. The van der Waals surface area contributed by atoms with Crippen molar-refractivity contribution in [3.8, 4) is 11.8 Å². The first-order chi connectivity index (χ1) is 17.7. The second-order valence-corrected chi connectivity index (χ2v) is 8.88. The topological polar surface area (TPSA) is 99.8 Å². The van der Waals surface area contributed by atoms with Crippen LogP contribution in [0.3, 0.4) is 0 Å². The van der Waals surface area contributed by atoms with Crippen molar-refractivity contribution < 1.29 is 22.8 Å². The lowest BCUT2D eigenvalue weighted by atomic mass is 10.1. The summed E-state index contributed by atoms with van der Waals surface area (Å²) in [6.45, 7) is 0.194. The Hall–Kier alpha value is -4.65. The minimum Gasteiger partial charge on any atom is -0.350 e. The summed E-state index contributed by atoms with van der Waals surface area (Å²) in [5.74, 6) is -1.20. The van der Waals surface area contributed by atoms with Crippen LogP contribution in [-0.4, -0.2) is 26.9 Å². The first-order valence-corrected chi connectivity index (χ1v) is 11.4. The van der Waals surface area contributed by atoms with Crippen molar-refractivity contribution in [1.82, 2.24) is 20.2 Å². The maximum Gasteiger partial charge on any atom is 0.417 e. The molecule has 4 aromatic rings. The molecule has 2 aromatic carbocycles. The van der Waals surface area contributed by atoms with Gasteiger partial charge in [-0.25, -0.2) is 0 Å². The molecule has 7 nitrogen and oxygen atoms in total. The van der Waals surface area contributed by atoms with E-state index in [1.807, 2.05) is 59.2 Å². The van der Waals surface area contributed by atoms with Crippen LogP contribution in [0.1, 0.15) is 40.0 Å². The Balaban J connectivity index is 1.24. The monoisotopic (exact) mass is 503 g/mol. The molecule has 0 spiro atoms. The highest BCUT2D eigenvalue weighted by Crippen LogP contribution is 2.36. The van der Waals surface area contributed by atoms with Gasteiger partial charge in [-0.05, 0) is 48.7 Å². The number of rotatable bonds is 6. The van der Waals surface area contributed by atoms with Crippen LogP contribution in [0.15, 0.2) is 73.1 Å². The average molecular weight is 503 g/mol. The lowest BCUT2D eigenvalue weighted by Crippen LogP contribution is -2.48. The predicted octanol–water partition coefficient (Wildman–Crippen LogP) is 4.49. The van der Waals surface area contributed by atoms with Gasteiger partial charge >= 0.3 is 6.18 Å². The largest absolute Gasteiger partial charge is 0.417 e. The van der Waals surface area contributed by atoms with E-state index in [1.165, 1.54) is 0 Å². The Labute approximate surface area is 209 Å². The van der Waals surface area contributed by atoms with Gasteiger partial charge in [-0.3, -0.25) is 14.6 Å². The predicted molar refractivity (Wildman–Crippen MR) is 129 cm³/mol. The van der Waals surface area contributed by atoms with Crippen molar-refractivity contribution in [3.63, 3.8) is 0 Å². The van der Waals surface area contributed by atoms with Gasteiger partial charge in [-0.1, -0.05) is 30.3 Å². The number of para-hydroxylation sites is 1. The number of amides is 2. The molecule has 2 aromatic heterocycles. The number of pyridine rings is 1. The van der Waals surface area contributed by atoms with Crippen molar-refractivity contribution in [2.24, 2.45) is 0 Å². The Morgan fingerprint density at radius 1 is 1.05 bits per heavy atom. The molecule has 5 rings (SSSR count). The number of carbonyl (C=O) groups is 2. The number of nitrogens with zero attached hydrogens (tertiary/aromatic N) is 3. The van der Waals surface area contributed by atoms with Crippen molar-refractivity contribution in [1.29, 1.82) is 5.26 Å². The fourth-order valence-electron chi connectivity index (χ4n) is 4.17. The van der Waals surface area contributed by atoms with Crippen LogP contribution in [0, 0.1) is 11.3 Å². The Bertz CT molecular complexity index is 1550. The van der Waals surface area contributed by atoms with Gasteiger partial charge in [-0.2, -0.15) is 18.4 Å². The van der Waals surface area contributed by atoms with E-state index < -0.39 is 29.1 Å². The van der Waals surface area contributed by atoms with Crippen molar-refractivity contribution in [2.45, 2.75) is 31.1 Å². The molecule has 2 heterocycles. The summed E-state index contributed by atoms with van der Waals surface area (Å²) in [5.41, 5.74) is 0.556. The van der Waals surface area contributed by atoms with Crippen LogP contribution in [0.5, 0.6) is 0 Å². The van der Waals surface area contributed by atoms with Gasteiger partial charge in [0.05, 0.1) is 16.6 Å². The molecule has 0 radical (unpaired) electrons. The second-order valence-electron chi connectivity index (χ2n) is 8.88. The highest BCUT2D eigenvalue weighted by molar-refractivity contribution is 6.00. The van der Waals surface area contributed by atoms with E-state index in [1.54, 1.807) is 0 Å². The van der Waals surface area contributed by atoms with E-state index in [4.69, 9.17) is 0 Å². The van der Waals surface area contributed by atoms with Gasteiger partial charge in [0, 0.05) is 30.0 Å². The summed E-state index contributed by atoms with van der Waals surface area (Å²) in [6.07, 6.45) is -2.19. The molecule has 0 saturated heterocycles. The zero-order valence-corrected chi connectivity index (χ0v) is 19.3. The van der Waals surface area contributed by atoms with E-state index in [2.05, 4.69) is 21.7 Å². The van der Waals surface area contributed by atoms with Crippen molar-refractivity contribution >= 4 is 22.7 Å². The zero-order chi connectivity index (χ0) is 26.2. The van der Waals surface area contributed by atoms with Crippen LogP contribution in [-0.2, 0) is 17.5 Å². The standard InChI is InChI=1S/C27H20F3N5O2/c28-27(29,30)20-11-19(15-32-16-20)24(36)34-26(9-10-26)25(37)33-14-17-5-7-21(8-6-17)35-22(13-31)12-18-3-1-2-4-23(18)35/h1-8,11-12,15-16H,9-10,14H2,(H,33,37)(H,34,36).